The molecule has 6 N–H and O–H groups in total. The fourth-order valence-corrected chi connectivity index (χ4v) is 10.4. The van der Waals surface area contributed by atoms with Gasteiger partial charge in [-0.3, -0.25) is 9.59 Å². The summed E-state index contributed by atoms with van der Waals surface area (Å²) in [5.74, 6) is -4.41. The molecule has 0 saturated heterocycles. The second kappa shape index (κ2) is 33.0. The molecule has 0 aliphatic heterocycles. The first-order valence-electron chi connectivity index (χ1n) is 27.3. The van der Waals surface area contributed by atoms with E-state index in [4.69, 9.17) is 0 Å². The zero-order valence-corrected chi connectivity index (χ0v) is 52.0. The summed E-state index contributed by atoms with van der Waals surface area (Å²) in [7, 11) is 0. The molecule has 0 bridgehead atoms. The smallest absolute Gasteiger partial charge is 1.00 e. The van der Waals surface area contributed by atoms with Crippen LogP contribution in [0.5, 0.6) is 0 Å². The van der Waals surface area contributed by atoms with Crippen molar-refractivity contribution in [3.8, 4) is 44.8 Å². The van der Waals surface area contributed by atoms with Crippen LogP contribution in [0.2, 0.25) is 0 Å². The number of carboxylic acid groups (broad SMARTS) is 2. The van der Waals surface area contributed by atoms with Crippen LogP contribution < -0.4 is 20.8 Å². The third kappa shape index (κ3) is 18.5. The molecule has 2 heterocycles. The molecule has 0 aliphatic carbocycles. The van der Waals surface area contributed by atoms with E-state index in [1.54, 1.807) is 48.5 Å². The van der Waals surface area contributed by atoms with Gasteiger partial charge in [-0.1, -0.05) is 125 Å². The van der Waals surface area contributed by atoms with Gasteiger partial charge in [0.05, 0.1) is 46.9 Å². The SMILES string of the molecule is CC(C)c1c(C(=O)Nc2ccccc2)c(-c2ccccc2)c(-c2ccc(F)cc2)n1CC[C@@H](O)C[C@@H](O)CC(=O)[O-].CC(C)c1c(C(=O)Nc2ccccc2)c(-c2ccccc2)c(-c2ccc(F)cc2)n1CC[C@@H](O)C[C@@H](O)CC(=O)[O-].[Ca+2].[Ca+2].[H-].[H-]. The fraction of sp³-hybridized carbons (Fsp3) is 0.273. The summed E-state index contributed by atoms with van der Waals surface area (Å²) in [6.07, 6.45) is -5.54. The number of rotatable bonds is 24. The maximum Gasteiger partial charge on any atom is 2.00 e. The summed E-state index contributed by atoms with van der Waals surface area (Å²) in [5, 5.41) is 69.2. The molecule has 0 radical (unpaired) electrons. The minimum absolute atomic E-state index is 0. The second-order valence-electron chi connectivity index (χ2n) is 20.8. The Kier molecular flexibility index (Phi) is 27.0. The molecule has 0 saturated carbocycles. The normalized spacial score (nSPS) is 12.4. The van der Waals surface area contributed by atoms with E-state index in [9.17, 15) is 58.6 Å². The molecule has 0 spiro atoms. The average Bonchev–Trinajstić information content (AvgIpc) is 1.82. The number of carbonyl (C=O) groups excluding carboxylic acids is 4. The molecule has 2 amide bonds. The van der Waals surface area contributed by atoms with Gasteiger partial charge in [-0.15, -0.1) is 0 Å². The van der Waals surface area contributed by atoms with E-state index in [0.29, 0.717) is 56.1 Å². The third-order valence-electron chi connectivity index (χ3n) is 13.8. The van der Waals surface area contributed by atoms with E-state index in [0.717, 1.165) is 22.5 Å². The molecule has 6 aromatic carbocycles. The molecule has 4 atom stereocenters. The van der Waals surface area contributed by atoms with Crippen molar-refractivity contribution in [3.05, 3.63) is 204 Å². The van der Waals surface area contributed by atoms with Crippen LogP contribution in [0.15, 0.2) is 170 Å². The summed E-state index contributed by atoms with van der Waals surface area (Å²) in [4.78, 5) is 49.8. The van der Waals surface area contributed by atoms with Gasteiger partial charge in [0.15, 0.2) is 0 Å². The molecule has 0 aliphatic rings. The van der Waals surface area contributed by atoms with Crippen LogP contribution in [-0.2, 0) is 22.7 Å². The van der Waals surface area contributed by atoms with Crippen LogP contribution in [0.3, 0.4) is 0 Å². The first-order valence-corrected chi connectivity index (χ1v) is 27.3. The number of aliphatic hydroxyl groups excluding tert-OH is 4. The topological polar surface area (TPSA) is 229 Å². The van der Waals surface area contributed by atoms with E-state index in [1.807, 2.05) is 134 Å². The van der Waals surface area contributed by atoms with Crippen molar-refractivity contribution in [2.45, 2.75) is 116 Å². The largest absolute Gasteiger partial charge is 2.00 e. The van der Waals surface area contributed by atoms with Crippen LogP contribution in [0, 0.1) is 11.6 Å². The second-order valence-corrected chi connectivity index (χ2v) is 20.8. The minimum Gasteiger partial charge on any atom is -1.00 e. The maximum absolute atomic E-state index is 14.0. The molecule has 18 heteroatoms. The van der Waals surface area contributed by atoms with Crippen LogP contribution >= 0.6 is 0 Å². The van der Waals surface area contributed by atoms with Gasteiger partial charge >= 0.3 is 75.5 Å². The Morgan fingerprint density at radius 3 is 1.04 bits per heavy atom. The molecule has 0 fully saturated rings. The number of hydrogen-bond acceptors (Lipinski definition) is 10. The third-order valence-corrected chi connectivity index (χ3v) is 13.8. The zero-order chi connectivity index (χ0) is 59.0. The molecule has 0 unspecified atom stereocenters. The number of aliphatic carboxylic acids is 2. The first kappa shape index (κ1) is 68.8. The fourth-order valence-electron chi connectivity index (χ4n) is 10.4. The van der Waals surface area contributed by atoms with Crippen molar-refractivity contribution in [2.24, 2.45) is 0 Å². The minimum atomic E-state index is -1.39. The molecule has 14 nitrogen and oxygen atoms in total. The van der Waals surface area contributed by atoms with Crippen LogP contribution in [0.4, 0.5) is 20.2 Å². The van der Waals surface area contributed by atoms with Gasteiger partial charge in [0.1, 0.15) is 11.6 Å². The first-order chi connectivity index (χ1) is 39.3. The van der Waals surface area contributed by atoms with Gasteiger partial charge < -0.3 is 62.8 Å². The van der Waals surface area contributed by atoms with Crippen molar-refractivity contribution >= 4 is 111 Å². The van der Waals surface area contributed by atoms with Crippen molar-refractivity contribution in [2.75, 3.05) is 10.6 Å². The molecule has 8 rings (SSSR count). The van der Waals surface area contributed by atoms with Gasteiger partial charge in [-0.2, -0.15) is 0 Å². The molecule has 84 heavy (non-hydrogen) atoms. The van der Waals surface area contributed by atoms with Gasteiger partial charge in [-0.05, 0) is 133 Å². The van der Waals surface area contributed by atoms with Crippen molar-refractivity contribution < 1.29 is 61.5 Å². The quantitative estimate of drug-likeness (QED) is 0.0314. The number of carbonyl (C=O) groups is 4. The van der Waals surface area contributed by atoms with Gasteiger partial charge in [0, 0.05) is 71.8 Å². The summed E-state index contributed by atoms with van der Waals surface area (Å²) < 4.78 is 32.0. The van der Waals surface area contributed by atoms with Crippen LogP contribution in [-0.4, -0.2) is 153 Å². The summed E-state index contributed by atoms with van der Waals surface area (Å²) in [6.45, 7) is 8.45. The number of nitrogens with zero attached hydrogens (tertiary/aromatic N) is 2. The maximum atomic E-state index is 14.0. The van der Waals surface area contributed by atoms with Crippen molar-refractivity contribution in [1.82, 2.24) is 9.13 Å². The Balaban J connectivity index is 0.000000430. The number of aromatic nitrogens is 2. The number of anilines is 2. The van der Waals surface area contributed by atoms with E-state index in [1.165, 1.54) is 24.3 Å². The van der Waals surface area contributed by atoms with Gasteiger partial charge in [0.25, 0.3) is 11.8 Å². The number of nitrogens with one attached hydrogen (secondary N) is 2. The van der Waals surface area contributed by atoms with E-state index in [-0.39, 0.29) is 141 Å². The molecular weight excluding hydrogens is 1130 g/mol. The Bertz CT molecular complexity index is 3190. The Labute approximate surface area is 551 Å². The summed E-state index contributed by atoms with van der Waals surface area (Å²) in [6, 6.07) is 49.4. The Morgan fingerprint density at radius 1 is 0.452 bits per heavy atom. The monoisotopic (exact) mass is 1200 g/mol. The zero-order valence-electron chi connectivity index (χ0n) is 49.6. The van der Waals surface area contributed by atoms with E-state index < -0.39 is 60.8 Å². The van der Waals surface area contributed by atoms with Crippen LogP contribution in [0.1, 0.15) is 113 Å². The van der Waals surface area contributed by atoms with Gasteiger partial charge in [-0.25, -0.2) is 8.78 Å². The van der Waals surface area contributed by atoms with Gasteiger partial charge in [0.2, 0.25) is 0 Å². The Morgan fingerprint density at radius 2 is 0.750 bits per heavy atom. The summed E-state index contributed by atoms with van der Waals surface area (Å²) >= 11 is 0. The number of para-hydroxylation sites is 2. The van der Waals surface area contributed by atoms with Crippen molar-refractivity contribution in [3.63, 3.8) is 0 Å². The predicted octanol–water partition coefficient (Wildman–Crippen LogP) is 9.42. The standard InChI is InChI=1S/2C33H35FN2O5.2Ca.2H/c2*1-21(2)31-30(33(41)35-25-11-7-4-8-12-25)29(22-9-5-3-6-10-22)32(23-13-15-24(34)16-14-23)36(31)18-17-26(37)19-27(38)20-28(39)40;;;;/h2*3-16,21,26-27,37-38H,17-20H2,1-2H3,(H,35,41)(H,39,40);;;;/q;;2*+2;2*-1/p-2/t2*26-,27-;;;;/m11..../s1. The molecule has 2 aromatic heterocycles. The van der Waals surface area contributed by atoms with E-state index in [2.05, 4.69) is 10.6 Å². The number of hydrogen-bond donors (Lipinski definition) is 6. The molecular formula is C66H70Ca2F2N4O10. The number of halogens is 2. The molecule has 432 valence electrons. The van der Waals surface area contributed by atoms with Crippen molar-refractivity contribution in [1.29, 1.82) is 0 Å². The summed E-state index contributed by atoms with van der Waals surface area (Å²) in [5.41, 5.74) is 9.43. The number of amides is 2. The van der Waals surface area contributed by atoms with E-state index >= 15 is 0 Å². The molecule has 8 aromatic rings. The predicted molar refractivity (Wildman–Crippen MR) is 323 cm³/mol. The Hall–Kier alpha value is -6.02. The number of aliphatic hydroxyl groups is 4. The van der Waals surface area contributed by atoms with Crippen LogP contribution in [0.25, 0.3) is 44.8 Å². The number of carboxylic acids is 2. The average molecular weight is 1200 g/mol. The number of benzene rings is 6.